The first-order valence-electron chi connectivity index (χ1n) is 6.56. The third kappa shape index (κ3) is 2.63. The Morgan fingerprint density at radius 3 is 2.75 bits per heavy atom. The molecule has 0 fully saturated rings. The number of aryl methyl sites for hydroxylation is 2. The third-order valence-corrected chi connectivity index (χ3v) is 3.67. The van der Waals surface area contributed by atoms with E-state index in [4.69, 9.17) is 11.6 Å². The van der Waals surface area contributed by atoms with Crippen molar-refractivity contribution in [3.05, 3.63) is 64.6 Å². The van der Waals surface area contributed by atoms with Crippen molar-refractivity contribution in [3.8, 4) is 0 Å². The summed E-state index contributed by atoms with van der Waals surface area (Å²) in [5.74, 6) is 0. The van der Waals surface area contributed by atoms with Gasteiger partial charge in [-0.15, -0.1) is 0 Å². The van der Waals surface area contributed by atoms with E-state index in [-0.39, 0.29) is 0 Å². The number of halogens is 1. The van der Waals surface area contributed by atoms with Crippen molar-refractivity contribution in [2.45, 2.75) is 20.4 Å². The molecule has 0 unspecified atom stereocenters. The van der Waals surface area contributed by atoms with Crippen molar-refractivity contribution in [3.63, 3.8) is 0 Å². The molecule has 1 aromatic carbocycles. The van der Waals surface area contributed by atoms with Crippen molar-refractivity contribution in [2.24, 2.45) is 0 Å². The van der Waals surface area contributed by atoms with Crippen molar-refractivity contribution in [1.82, 2.24) is 9.38 Å². The van der Waals surface area contributed by atoms with Gasteiger partial charge in [-0.2, -0.15) is 0 Å². The first kappa shape index (κ1) is 13.0. The third-order valence-electron chi connectivity index (χ3n) is 3.45. The van der Waals surface area contributed by atoms with Gasteiger partial charge in [-0.05, 0) is 49.2 Å². The van der Waals surface area contributed by atoms with Crippen molar-refractivity contribution in [1.29, 1.82) is 0 Å². The second-order valence-electron chi connectivity index (χ2n) is 5.00. The van der Waals surface area contributed by atoms with E-state index in [0.717, 1.165) is 17.0 Å². The number of aromatic nitrogens is 2. The van der Waals surface area contributed by atoms with Gasteiger partial charge in [0.05, 0.1) is 17.3 Å². The zero-order valence-corrected chi connectivity index (χ0v) is 12.3. The minimum absolute atomic E-state index is 0.696. The molecule has 3 nitrogen and oxygen atoms in total. The van der Waals surface area contributed by atoms with E-state index in [9.17, 15) is 0 Å². The van der Waals surface area contributed by atoms with Crippen LogP contribution in [0, 0.1) is 13.8 Å². The Labute approximate surface area is 123 Å². The molecule has 2 aromatic heterocycles. The summed E-state index contributed by atoms with van der Waals surface area (Å²) in [6.07, 6.45) is 3.86. The molecule has 0 amide bonds. The van der Waals surface area contributed by atoms with Crippen molar-refractivity contribution in [2.75, 3.05) is 5.32 Å². The Hall–Kier alpha value is -2.00. The standard InChI is InChI=1S/C16H16ClN3/c1-11-3-5-14(7-12(11)2)18-8-15-10-20-9-13(17)4-6-16(20)19-15/h3-7,9-10,18H,8H2,1-2H3. The molecule has 20 heavy (non-hydrogen) atoms. The van der Waals surface area contributed by atoms with Crippen LogP contribution in [0.15, 0.2) is 42.7 Å². The van der Waals surface area contributed by atoms with Gasteiger partial charge in [-0.3, -0.25) is 0 Å². The number of rotatable bonds is 3. The van der Waals surface area contributed by atoms with Gasteiger partial charge in [-0.1, -0.05) is 17.7 Å². The van der Waals surface area contributed by atoms with Gasteiger partial charge in [0.1, 0.15) is 5.65 Å². The number of fused-ring (bicyclic) bond motifs is 1. The maximum Gasteiger partial charge on any atom is 0.137 e. The van der Waals surface area contributed by atoms with Gasteiger partial charge in [-0.25, -0.2) is 4.98 Å². The van der Waals surface area contributed by atoms with E-state index in [2.05, 4.69) is 42.3 Å². The molecule has 3 rings (SSSR count). The smallest absolute Gasteiger partial charge is 0.137 e. The maximum atomic E-state index is 5.97. The van der Waals surface area contributed by atoms with Gasteiger partial charge >= 0.3 is 0 Å². The summed E-state index contributed by atoms with van der Waals surface area (Å²) in [5.41, 5.74) is 5.61. The lowest BCUT2D eigenvalue weighted by atomic mass is 10.1. The summed E-state index contributed by atoms with van der Waals surface area (Å²) >= 11 is 5.97. The summed E-state index contributed by atoms with van der Waals surface area (Å²) in [5, 5.41) is 4.11. The molecule has 2 heterocycles. The highest BCUT2D eigenvalue weighted by atomic mass is 35.5. The quantitative estimate of drug-likeness (QED) is 0.781. The van der Waals surface area contributed by atoms with Gasteiger partial charge in [0.2, 0.25) is 0 Å². The average Bonchev–Trinajstić information content (AvgIpc) is 2.82. The number of benzene rings is 1. The Kier molecular flexibility index (Phi) is 3.36. The van der Waals surface area contributed by atoms with Crippen molar-refractivity contribution < 1.29 is 0 Å². The van der Waals surface area contributed by atoms with Gasteiger partial charge in [0, 0.05) is 18.1 Å². The molecular weight excluding hydrogens is 270 g/mol. The Morgan fingerprint density at radius 1 is 1.10 bits per heavy atom. The summed E-state index contributed by atoms with van der Waals surface area (Å²) in [6, 6.07) is 10.1. The normalized spacial score (nSPS) is 10.9. The lowest BCUT2D eigenvalue weighted by molar-refractivity contribution is 1.08. The van der Waals surface area contributed by atoms with Crippen LogP contribution >= 0.6 is 11.6 Å². The van der Waals surface area contributed by atoms with Crippen LogP contribution in [0.3, 0.4) is 0 Å². The SMILES string of the molecule is Cc1ccc(NCc2cn3cc(Cl)ccc3n2)cc1C. The number of hydrogen-bond donors (Lipinski definition) is 1. The molecule has 102 valence electrons. The van der Waals surface area contributed by atoms with E-state index in [1.165, 1.54) is 11.1 Å². The Morgan fingerprint density at radius 2 is 1.95 bits per heavy atom. The van der Waals surface area contributed by atoms with Crippen LogP contribution in [0.1, 0.15) is 16.8 Å². The fourth-order valence-electron chi connectivity index (χ4n) is 2.15. The van der Waals surface area contributed by atoms with E-state index < -0.39 is 0 Å². The predicted octanol–water partition coefficient (Wildman–Crippen LogP) is 4.22. The van der Waals surface area contributed by atoms with Gasteiger partial charge in [0.25, 0.3) is 0 Å². The summed E-state index contributed by atoms with van der Waals surface area (Å²) in [6.45, 7) is 4.93. The topological polar surface area (TPSA) is 29.3 Å². The van der Waals surface area contributed by atoms with Crippen LogP contribution in [-0.2, 0) is 6.54 Å². The van der Waals surface area contributed by atoms with E-state index in [1.54, 1.807) is 0 Å². The van der Waals surface area contributed by atoms with Crippen LogP contribution in [-0.4, -0.2) is 9.38 Å². The molecule has 0 aliphatic carbocycles. The molecule has 1 N–H and O–H groups in total. The molecule has 0 aliphatic heterocycles. The molecule has 0 atom stereocenters. The summed E-state index contributed by atoms with van der Waals surface area (Å²) < 4.78 is 1.94. The molecule has 0 radical (unpaired) electrons. The zero-order chi connectivity index (χ0) is 14.1. The molecule has 4 heteroatoms. The lowest BCUT2D eigenvalue weighted by Crippen LogP contribution is -2.00. The number of nitrogens with one attached hydrogen (secondary N) is 1. The zero-order valence-electron chi connectivity index (χ0n) is 11.5. The average molecular weight is 286 g/mol. The fraction of sp³-hybridized carbons (Fsp3) is 0.188. The monoisotopic (exact) mass is 285 g/mol. The maximum absolute atomic E-state index is 5.97. The second-order valence-corrected chi connectivity index (χ2v) is 5.43. The molecule has 0 aliphatic rings. The Bertz CT molecular complexity index is 762. The highest BCUT2D eigenvalue weighted by molar-refractivity contribution is 6.30. The molecule has 0 spiro atoms. The van der Waals surface area contributed by atoms with Crippen LogP contribution < -0.4 is 5.32 Å². The minimum atomic E-state index is 0.696. The summed E-state index contributed by atoms with van der Waals surface area (Å²) in [4.78, 5) is 4.55. The molecular formula is C16H16ClN3. The first-order valence-corrected chi connectivity index (χ1v) is 6.94. The predicted molar refractivity (Wildman–Crippen MR) is 83.4 cm³/mol. The number of hydrogen-bond acceptors (Lipinski definition) is 2. The lowest BCUT2D eigenvalue weighted by Gasteiger charge is -2.07. The first-order chi connectivity index (χ1) is 9.61. The highest BCUT2D eigenvalue weighted by Crippen LogP contribution is 2.16. The van der Waals surface area contributed by atoms with Crippen LogP contribution in [0.4, 0.5) is 5.69 Å². The van der Waals surface area contributed by atoms with E-state index in [1.807, 2.05) is 28.9 Å². The second kappa shape index (κ2) is 5.17. The minimum Gasteiger partial charge on any atom is -0.379 e. The highest BCUT2D eigenvalue weighted by Gasteiger charge is 2.02. The Balaban J connectivity index is 1.77. The van der Waals surface area contributed by atoms with Crippen LogP contribution in [0.25, 0.3) is 5.65 Å². The van der Waals surface area contributed by atoms with E-state index in [0.29, 0.717) is 11.6 Å². The van der Waals surface area contributed by atoms with Crippen LogP contribution in [0.2, 0.25) is 5.02 Å². The van der Waals surface area contributed by atoms with Crippen molar-refractivity contribution >= 4 is 22.9 Å². The molecule has 3 aromatic rings. The molecule has 0 saturated heterocycles. The number of imidazole rings is 1. The molecule has 0 bridgehead atoms. The molecule has 0 saturated carbocycles. The number of pyridine rings is 1. The van der Waals surface area contributed by atoms with E-state index >= 15 is 0 Å². The summed E-state index contributed by atoms with van der Waals surface area (Å²) in [7, 11) is 0. The largest absolute Gasteiger partial charge is 0.379 e. The van der Waals surface area contributed by atoms with Crippen LogP contribution in [0.5, 0.6) is 0 Å². The number of nitrogens with zero attached hydrogens (tertiary/aromatic N) is 2. The number of anilines is 1. The van der Waals surface area contributed by atoms with Gasteiger partial charge < -0.3 is 9.72 Å². The van der Waals surface area contributed by atoms with Gasteiger partial charge in [0.15, 0.2) is 0 Å². The fourth-order valence-corrected chi connectivity index (χ4v) is 2.31.